The first-order chi connectivity index (χ1) is 7.38. The number of ether oxygens (including phenoxy) is 1. The van der Waals surface area contributed by atoms with Gasteiger partial charge in [-0.15, -0.1) is 11.3 Å². The predicted molar refractivity (Wildman–Crippen MR) is 56.7 cm³/mol. The molecule has 0 bridgehead atoms. The van der Waals surface area contributed by atoms with Crippen LogP contribution in [0, 0.1) is 0 Å². The van der Waals surface area contributed by atoms with Crippen molar-refractivity contribution in [1.29, 1.82) is 0 Å². The topological polar surface area (TPSA) is 88.9 Å². The molecule has 0 atom stereocenters. The van der Waals surface area contributed by atoms with E-state index >= 15 is 0 Å². The van der Waals surface area contributed by atoms with Crippen LogP contribution in [0.4, 0.5) is 5.13 Å². The second kappa shape index (κ2) is 3.21. The minimum Gasteiger partial charge on any atom is -0.477 e. The molecule has 0 spiro atoms. The zero-order chi connectivity index (χ0) is 10.3. The number of fused-ring (bicyclic) bond motifs is 3. The molecule has 0 unspecified atom stereocenters. The van der Waals surface area contributed by atoms with Gasteiger partial charge in [-0.2, -0.15) is 5.10 Å². The van der Waals surface area contributed by atoms with Gasteiger partial charge in [-0.3, -0.25) is 5.43 Å². The number of hydrogen-bond donors (Lipinski definition) is 3. The van der Waals surface area contributed by atoms with E-state index in [1.807, 2.05) is 0 Å². The third kappa shape index (κ3) is 1.28. The van der Waals surface area contributed by atoms with Crippen LogP contribution >= 0.6 is 11.3 Å². The van der Waals surface area contributed by atoms with Crippen LogP contribution in [0.15, 0.2) is 6.20 Å². The number of hydrazine groups is 1. The van der Waals surface area contributed by atoms with Gasteiger partial charge in [0.05, 0.1) is 24.1 Å². The quantitative estimate of drug-likeness (QED) is 0.490. The Labute approximate surface area is 89.4 Å². The minimum atomic E-state index is 0.633. The number of aromatic amines is 1. The lowest BCUT2D eigenvalue weighted by molar-refractivity contribution is 0.314. The second-order valence-electron chi connectivity index (χ2n) is 3.15. The summed E-state index contributed by atoms with van der Waals surface area (Å²) in [7, 11) is 0. The molecule has 0 aliphatic carbocycles. The summed E-state index contributed by atoms with van der Waals surface area (Å²) in [5.41, 5.74) is 4.38. The van der Waals surface area contributed by atoms with Crippen molar-refractivity contribution in [2.45, 2.75) is 6.42 Å². The number of H-pyrrole nitrogens is 1. The summed E-state index contributed by atoms with van der Waals surface area (Å²) >= 11 is 1.55. The predicted octanol–water partition coefficient (Wildman–Crippen LogP) is 0.754. The van der Waals surface area contributed by atoms with Crippen molar-refractivity contribution in [1.82, 2.24) is 15.2 Å². The average molecular weight is 223 g/mol. The SMILES string of the molecule is NNc1nc2c(s1)CCOc1[nH]ncc1-2. The van der Waals surface area contributed by atoms with Gasteiger partial charge in [-0.05, 0) is 0 Å². The van der Waals surface area contributed by atoms with Gasteiger partial charge < -0.3 is 4.74 Å². The molecule has 7 heteroatoms. The summed E-state index contributed by atoms with van der Waals surface area (Å²) in [6.45, 7) is 0.633. The van der Waals surface area contributed by atoms with Crippen LogP contribution in [0.25, 0.3) is 11.3 Å². The summed E-state index contributed by atoms with van der Waals surface area (Å²) in [6.07, 6.45) is 2.57. The molecule has 1 aliphatic rings. The maximum atomic E-state index is 5.50. The fraction of sp³-hybridized carbons (Fsp3) is 0.250. The van der Waals surface area contributed by atoms with E-state index in [0.29, 0.717) is 17.6 Å². The summed E-state index contributed by atoms with van der Waals surface area (Å²) in [6, 6.07) is 0. The molecule has 0 saturated carbocycles. The van der Waals surface area contributed by atoms with Gasteiger partial charge in [-0.25, -0.2) is 15.9 Å². The molecule has 0 fully saturated rings. The van der Waals surface area contributed by atoms with E-state index in [-0.39, 0.29) is 0 Å². The number of thiazole rings is 1. The van der Waals surface area contributed by atoms with Crippen molar-refractivity contribution >= 4 is 16.5 Å². The van der Waals surface area contributed by atoms with E-state index in [9.17, 15) is 0 Å². The largest absolute Gasteiger partial charge is 0.477 e. The van der Waals surface area contributed by atoms with Gasteiger partial charge in [0.25, 0.3) is 0 Å². The molecular weight excluding hydrogens is 214 g/mol. The van der Waals surface area contributed by atoms with Gasteiger partial charge >= 0.3 is 0 Å². The number of hydrogen-bond acceptors (Lipinski definition) is 6. The molecule has 78 valence electrons. The zero-order valence-electron chi connectivity index (χ0n) is 7.78. The third-order valence-corrected chi connectivity index (χ3v) is 3.30. The van der Waals surface area contributed by atoms with Crippen molar-refractivity contribution in [2.75, 3.05) is 12.0 Å². The minimum absolute atomic E-state index is 0.633. The molecule has 4 N–H and O–H groups in total. The first-order valence-electron chi connectivity index (χ1n) is 4.51. The Hall–Kier alpha value is -1.60. The maximum Gasteiger partial charge on any atom is 0.218 e. The molecule has 1 aliphatic heterocycles. The van der Waals surface area contributed by atoms with Crippen molar-refractivity contribution < 1.29 is 4.74 Å². The Bertz CT molecular complexity index is 491. The standard InChI is InChI=1S/C8H9N5OS/c9-12-8-11-6-4-3-10-13-7(4)14-2-1-5(6)15-8/h3H,1-2,9H2,(H,10,13)(H,11,12). The summed E-state index contributed by atoms with van der Waals surface area (Å²) in [4.78, 5) is 5.55. The Kier molecular flexibility index (Phi) is 1.86. The zero-order valence-corrected chi connectivity index (χ0v) is 8.60. The van der Waals surface area contributed by atoms with Gasteiger partial charge in [0.1, 0.15) is 0 Å². The van der Waals surface area contributed by atoms with Crippen LogP contribution in [0.1, 0.15) is 4.88 Å². The molecule has 6 nitrogen and oxygen atoms in total. The summed E-state index contributed by atoms with van der Waals surface area (Å²) in [5, 5.41) is 7.47. The van der Waals surface area contributed by atoms with E-state index in [2.05, 4.69) is 20.6 Å². The molecular formula is C8H9N5OS. The van der Waals surface area contributed by atoms with E-state index in [1.54, 1.807) is 17.5 Å². The van der Waals surface area contributed by atoms with Crippen LogP contribution in [-0.2, 0) is 6.42 Å². The van der Waals surface area contributed by atoms with Crippen LogP contribution < -0.4 is 16.0 Å². The Balaban J connectivity index is 2.19. The molecule has 0 aromatic carbocycles. The first kappa shape index (κ1) is 8.69. The van der Waals surface area contributed by atoms with Crippen molar-refractivity contribution in [3.63, 3.8) is 0 Å². The maximum absolute atomic E-state index is 5.50. The van der Waals surface area contributed by atoms with E-state index in [4.69, 9.17) is 10.6 Å². The Morgan fingerprint density at radius 3 is 3.40 bits per heavy atom. The number of aromatic nitrogens is 3. The lowest BCUT2D eigenvalue weighted by Crippen LogP contribution is -2.05. The molecule has 2 aromatic heterocycles. The molecule has 3 rings (SSSR count). The van der Waals surface area contributed by atoms with Crippen molar-refractivity contribution in [3.8, 4) is 17.1 Å². The molecule has 3 heterocycles. The summed E-state index contributed by atoms with van der Waals surface area (Å²) in [5.74, 6) is 6.02. The number of nitrogen functional groups attached to an aromatic ring is 1. The monoisotopic (exact) mass is 223 g/mol. The van der Waals surface area contributed by atoms with Crippen LogP contribution in [0.2, 0.25) is 0 Å². The molecule has 0 radical (unpaired) electrons. The smallest absolute Gasteiger partial charge is 0.218 e. The average Bonchev–Trinajstić information content (AvgIpc) is 2.82. The second-order valence-corrected chi connectivity index (χ2v) is 4.23. The normalized spacial score (nSPS) is 13.7. The first-order valence-corrected chi connectivity index (χ1v) is 5.33. The summed E-state index contributed by atoms with van der Waals surface area (Å²) < 4.78 is 5.50. The number of nitrogens with one attached hydrogen (secondary N) is 2. The van der Waals surface area contributed by atoms with Crippen LogP contribution in [-0.4, -0.2) is 21.8 Å². The molecule has 15 heavy (non-hydrogen) atoms. The lowest BCUT2D eigenvalue weighted by Gasteiger charge is -1.98. The van der Waals surface area contributed by atoms with Gasteiger partial charge in [-0.1, -0.05) is 0 Å². The molecule has 0 amide bonds. The van der Waals surface area contributed by atoms with E-state index in [1.165, 1.54) is 4.88 Å². The highest BCUT2D eigenvalue weighted by molar-refractivity contribution is 7.16. The fourth-order valence-electron chi connectivity index (χ4n) is 1.59. The highest BCUT2D eigenvalue weighted by Crippen LogP contribution is 2.37. The van der Waals surface area contributed by atoms with Gasteiger partial charge in [0.15, 0.2) is 5.13 Å². The highest BCUT2D eigenvalue weighted by Gasteiger charge is 2.21. The number of anilines is 1. The molecule has 0 saturated heterocycles. The van der Waals surface area contributed by atoms with Crippen LogP contribution in [0.3, 0.4) is 0 Å². The Morgan fingerprint density at radius 1 is 1.60 bits per heavy atom. The van der Waals surface area contributed by atoms with Crippen molar-refractivity contribution in [3.05, 3.63) is 11.1 Å². The van der Waals surface area contributed by atoms with E-state index in [0.717, 1.165) is 17.7 Å². The van der Waals surface area contributed by atoms with Gasteiger partial charge in [0, 0.05) is 11.3 Å². The number of nitrogens with zero attached hydrogens (tertiary/aromatic N) is 2. The number of rotatable bonds is 1. The Morgan fingerprint density at radius 2 is 2.53 bits per heavy atom. The van der Waals surface area contributed by atoms with Crippen LogP contribution in [0.5, 0.6) is 5.88 Å². The van der Waals surface area contributed by atoms with E-state index < -0.39 is 0 Å². The number of nitrogens with two attached hydrogens (primary N) is 1. The fourth-order valence-corrected chi connectivity index (χ4v) is 2.46. The van der Waals surface area contributed by atoms with Gasteiger partial charge in [0.2, 0.25) is 5.88 Å². The highest BCUT2D eigenvalue weighted by atomic mass is 32.1. The van der Waals surface area contributed by atoms with Crippen molar-refractivity contribution in [2.24, 2.45) is 5.84 Å². The third-order valence-electron chi connectivity index (χ3n) is 2.26. The lowest BCUT2D eigenvalue weighted by atomic mass is 10.2. The molecule has 2 aromatic rings.